The van der Waals surface area contributed by atoms with E-state index in [1.165, 1.54) is 15.1 Å². The van der Waals surface area contributed by atoms with Gasteiger partial charge in [0.25, 0.3) is 10.0 Å². The molecule has 2 aliphatic heterocycles. The summed E-state index contributed by atoms with van der Waals surface area (Å²) in [5, 5.41) is 4.19. The molecular formula is C38H41N5O4S. The van der Waals surface area contributed by atoms with Crippen LogP contribution in [0.2, 0.25) is 0 Å². The van der Waals surface area contributed by atoms with E-state index in [1.54, 1.807) is 29.4 Å². The second-order valence-corrected chi connectivity index (χ2v) is 15.6. The zero-order chi connectivity index (χ0) is 33.6. The van der Waals surface area contributed by atoms with Crippen molar-refractivity contribution >= 4 is 32.8 Å². The van der Waals surface area contributed by atoms with Crippen LogP contribution in [0.5, 0.6) is 0 Å². The molecule has 5 aromatic rings. The summed E-state index contributed by atoms with van der Waals surface area (Å²) in [6.07, 6.45) is 4.15. The van der Waals surface area contributed by atoms with E-state index in [0.717, 1.165) is 71.5 Å². The second kappa shape index (κ2) is 12.4. The number of benzene rings is 3. The molecule has 7 rings (SSSR count). The number of rotatable bonds is 6. The van der Waals surface area contributed by atoms with E-state index in [2.05, 4.69) is 52.7 Å². The van der Waals surface area contributed by atoms with E-state index >= 15 is 0 Å². The Morgan fingerprint density at radius 2 is 1.60 bits per heavy atom. The molecule has 0 atom stereocenters. The molecule has 1 saturated heterocycles. The highest BCUT2D eigenvalue weighted by molar-refractivity contribution is 7.90. The molecule has 0 radical (unpaired) electrons. The predicted molar refractivity (Wildman–Crippen MR) is 190 cm³/mol. The number of aryl methyl sites for hydroxylation is 1. The van der Waals surface area contributed by atoms with Crippen molar-refractivity contribution in [3.8, 4) is 22.3 Å². The van der Waals surface area contributed by atoms with Crippen LogP contribution in [0.1, 0.15) is 37.5 Å². The average molecular weight is 664 g/mol. The molecule has 0 aliphatic carbocycles. The lowest BCUT2D eigenvalue weighted by molar-refractivity contribution is 0.0139. The van der Waals surface area contributed by atoms with Crippen LogP contribution in [-0.4, -0.2) is 71.6 Å². The molecule has 248 valence electrons. The first-order chi connectivity index (χ1) is 22.9. The molecular weight excluding hydrogens is 623 g/mol. The maximum Gasteiger partial charge on any atom is 0.410 e. The molecule has 1 N–H and O–H groups in total. The van der Waals surface area contributed by atoms with Crippen molar-refractivity contribution in [2.45, 2.75) is 51.2 Å². The molecule has 1 amide bonds. The SMILES string of the molecule is Cc1ccc(S(=O)(=O)n2cc(-c3ccc4c(c3)CCN4)c3cc(-c4ccc(CN5CCN(C(=O)OC(C)(C)C)CC5)cc4)cnc32)cc1. The molecule has 0 bridgehead atoms. The van der Waals surface area contributed by atoms with Crippen LogP contribution < -0.4 is 5.32 Å². The number of hydrogen-bond donors (Lipinski definition) is 1. The van der Waals surface area contributed by atoms with E-state index in [9.17, 15) is 13.2 Å². The fourth-order valence-corrected chi connectivity index (χ4v) is 7.75. The fourth-order valence-electron chi connectivity index (χ4n) is 6.42. The molecule has 10 heteroatoms. The van der Waals surface area contributed by atoms with Crippen molar-refractivity contribution in [1.82, 2.24) is 18.8 Å². The molecule has 4 heterocycles. The lowest BCUT2D eigenvalue weighted by Gasteiger charge is -2.35. The maximum absolute atomic E-state index is 13.9. The third-order valence-electron chi connectivity index (χ3n) is 9.03. The molecule has 0 unspecified atom stereocenters. The lowest BCUT2D eigenvalue weighted by atomic mass is 9.99. The van der Waals surface area contributed by atoms with Crippen molar-refractivity contribution in [2.75, 3.05) is 38.0 Å². The number of hydrogen-bond acceptors (Lipinski definition) is 7. The van der Waals surface area contributed by atoms with Crippen LogP contribution in [0.4, 0.5) is 10.5 Å². The van der Waals surface area contributed by atoms with Crippen LogP contribution in [0.25, 0.3) is 33.3 Å². The number of ether oxygens (including phenoxy) is 1. The van der Waals surface area contributed by atoms with Gasteiger partial charge in [0.15, 0.2) is 5.65 Å². The highest BCUT2D eigenvalue weighted by Gasteiger charge is 2.27. The largest absolute Gasteiger partial charge is 0.444 e. The number of piperazine rings is 1. The smallest absolute Gasteiger partial charge is 0.410 e. The standard InChI is InChI=1S/C38H41N5O4S/c1-26-5-12-32(13-6-26)48(45,46)43-25-34(29-11-14-35-30(21-29)15-16-39-35)33-22-31(23-40-36(33)43)28-9-7-27(8-10-28)24-41-17-19-42(20-18-41)37(44)47-38(2,3)4/h5-14,21-23,25,39H,15-20,24H2,1-4H3. The lowest BCUT2D eigenvalue weighted by Crippen LogP contribution is -2.49. The highest BCUT2D eigenvalue weighted by Crippen LogP contribution is 2.37. The molecule has 3 aromatic carbocycles. The average Bonchev–Trinajstić information content (AvgIpc) is 3.69. The summed E-state index contributed by atoms with van der Waals surface area (Å²) >= 11 is 0. The summed E-state index contributed by atoms with van der Waals surface area (Å²) in [5.74, 6) is 0. The number of carbonyl (C=O) groups excluding carboxylic acids is 1. The monoisotopic (exact) mass is 663 g/mol. The number of nitrogens with zero attached hydrogens (tertiary/aromatic N) is 4. The first-order valence-electron chi connectivity index (χ1n) is 16.4. The van der Waals surface area contributed by atoms with Gasteiger partial charge < -0.3 is 15.0 Å². The molecule has 2 aromatic heterocycles. The fraction of sp³-hybridized carbons (Fsp3) is 0.316. The second-order valence-electron chi connectivity index (χ2n) is 13.7. The Kier molecular flexibility index (Phi) is 8.25. The topological polar surface area (TPSA) is 96.8 Å². The van der Waals surface area contributed by atoms with Gasteiger partial charge in [-0.05, 0) is 86.7 Å². The number of pyridine rings is 1. The Hall–Kier alpha value is -4.67. The van der Waals surface area contributed by atoms with Gasteiger partial charge in [-0.3, -0.25) is 4.90 Å². The van der Waals surface area contributed by atoms with Gasteiger partial charge in [-0.2, -0.15) is 0 Å². The van der Waals surface area contributed by atoms with Crippen LogP contribution in [0, 0.1) is 6.92 Å². The maximum atomic E-state index is 13.9. The van der Waals surface area contributed by atoms with Gasteiger partial charge in [0, 0.05) is 73.9 Å². The number of amides is 1. The van der Waals surface area contributed by atoms with E-state index in [4.69, 9.17) is 9.72 Å². The van der Waals surface area contributed by atoms with E-state index in [0.29, 0.717) is 18.7 Å². The van der Waals surface area contributed by atoms with Crippen LogP contribution in [-0.2, 0) is 27.7 Å². The van der Waals surface area contributed by atoms with Crippen molar-refractivity contribution in [3.05, 3.63) is 102 Å². The zero-order valence-corrected chi connectivity index (χ0v) is 28.7. The number of fused-ring (bicyclic) bond motifs is 2. The Bertz CT molecular complexity index is 2090. The molecule has 0 spiro atoms. The quantitative estimate of drug-likeness (QED) is 0.210. The van der Waals surface area contributed by atoms with Gasteiger partial charge in [0.2, 0.25) is 0 Å². The van der Waals surface area contributed by atoms with Crippen LogP contribution in [0.15, 0.2) is 90.1 Å². The first-order valence-corrected chi connectivity index (χ1v) is 17.9. The summed E-state index contributed by atoms with van der Waals surface area (Å²) in [6, 6.07) is 23.7. The minimum atomic E-state index is -3.89. The molecule has 2 aliphatic rings. The summed E-state index contributed by atoms with van der Waals surface area (Å²) in [6.45, 7) is 12.1. The number of carbonyl (C=O) groups is 1. The van der Waals surface area contributed by atoms with Gasteiger partial charge in [0.05, 0.1) is 4.90 Å². The normalized spacial score (nSPS) is 15.4. The van der Waals surface area contributed by atoms with Crippen LogP contribution >= 0.6 is 0 Å². The zero-order valence-electron chi connectivity index (χ0n) is 27.9. The number of nitrogens with one attached hydrogen (secondary N) is 1. The Morgan fingerprint density at radius 3 is 2.31 bits per heavy atom. The summed E-state index contributed by atoms with van der Waals surface area (Å²) < 4.78 is 34.7. The van der Waals surface area contributed by atoms with Crippen molar-refractivity contribution in [3.63, 3.8) is 0 Å². The third kappa shape index (κ3) is 6.42. The molecule has 1 fully saturated rings. The summed E-state index contributed by atoms with van der Waals surface area (Å²) in [7, 11) is -3.89. The van der Waals surface area contributed by atoms with E-state index < -0.39 is 15.6 Å². The first kappa shape index (κ1) is 31.9. The van der Waals surface area contributed by atoms with Crippen molar-refractivity contribution in [2.24, 2.45) is 0 Å². The van der Waals surface area contributed by atoms with Gasteiger partial charge in [-0.25, -0.2) is 22.2 Å². The third-order valence-corrected chi connectivity index (χ3v) is 10.7. The highest BCUT2D eigenvalue weighted by atomic mass is 32.2. The van der Waals surface area contributed by atoms with Gasteiger partial charge in [-0.15, -0.1) is 0 Å². The Balaban J connectivity index is 1.16. The number of anilines is 1. The van der Waals surface area contributed by atoms with E-state index in [1.807, 2.05) is 45.9 Å². The predicted octanol–water partition coefficient (Wildman–Crippen LogP) is 6.94. The molecule has 0 saturated carbocycles. The minimum absolute atomic E-state index is 0.224. The summed E-state index contributed by atoms with van der Waals surface area (Å²) in [4.78, 5) is 21.6. The van der Waals surface area contributed by atoms with E-state index in [-0.39, 0.29) is 11.0 Å². The Morgan fingerprint density at radius 1 is 0.896 bits per heavy atom. The molecule has 48 heavy (non-hydrogen) atoms. The van der Waals surface area contributed by atoms with Gasteiger partial charge >= 0.3 is 6.09 Å². The van der Waals surface area contributed by atoms with Crippen molar-refractivity contribution in [1.29, 1.82) is 0 Å². The molecule has 9 nitrogen and oxygen atoms in total. The van der Waals surface area contributed by atoms with Crippen LogP contribution in [0.3, 0.4) is 0 Å². The minimum Gasteiger partial charge on any atom is -0.444 e. The van der Waals surface area contributed by atoms with Gasteiger partial charge in [-0.1, -0.05) is 48.0 Å². The number of aromatic nitrogens is 2. The van der Waals surface area contributed by atoms with Crippen molar-refractivity contribution < 1.29 is 17.9 Å². The summed E-state index contributed by atoms with van der Waals surface area (Å²) in [5.41, 5.74) is 8.12. The van der Waals surface area contributed by atoms with Gasteiger partial charge in [0.1, 0.15) is 5.60 Å². The Labute approximate surface area is 282 Å².